The van der Waals surface area contributed by atoms with Crippen LogP contribution in [0, 0.1) is 5.95 Å². The van der Waals surface area contributed by atoms with E-state index in [0.717, 1.165) is 12.0 Å². The van der Waals surface area contributed by atoms with Crippen LogP contribution in [0.25, 0.3) is 11.3 Å². The number of nitrogens with one attached hydrogen (secondary N) is 1. The first kappa shape index (κ1) is 16.1. The molecule has 8 heteroatoms. The van der Waals surface area contributed by atoms with E-state index in [0.29, 0.717) is 31.7 Å². The largest absolute Gasteiger partial charge is 0.338 e. The van der Waals surface area contributed by atoms with E-state index in [-0.39, 0.29) is 11.7 Å². The number of hydrogen-bond acceptors (Lipinski definition) is 4. The van der Waals surface area contributed by atoms with E-state index >= 15 is 0 Å². The van der Waals surface area contributed by atoms with Crippen LogP contribution in [0.15, 0.2) is 30.6 Å². The second-order valence-corrected chi connectivity index (χ2v) is 5.52. The summed E-state index contributed by atoms with van der Waals surface area (Å²) in [5, 5.41) is 10.9. The van der Waals surface area contributed by atoms with E-state index in [1.165, 1.54) is 10.9 Å². The standard InChI is InChI=1S/C16H19FN6O/c1-2-7-19-16(24)22-9-5-12(6-10-22)13-11-23(21-20-13)14-4-3-8-18-15(14)17/h3-5,8,11H,2,6-7,9-10H2,1H3,(H,19,24). The van der Waals surface area contributed by atoms with Crippen molar-refractivity contribution < 1.29 is 9.18 Å². The number of nitrogens with zero attached hydrogens (tertiary/aromatic N) is 5. The minimum Gasteiger partial charge on any atom is -0.338 e. The molecule has 7 nitrogen and oxygen atoms in total. The Kier molecular flexibility index (Phi) is 4.83. The highest BCUT2D eigenvalue weighted by molar-refractivity contribution is 5.76. The molecule has 0 aliphatic carbocycles. The van der Waals surface area contributed by atoms with Gasteiger partial charge >= 0.3 is 6.03 Å². The first-order valence-corrected chi connectivity index (χ1v) is 7.94. The van der Waals surface area contributed by atoms with Gasteiger partial charge < -0.3 is 10.2 Å². The topological polar surface area (TPSA) is 75.9 Å². The van der Waals surface area contributed by atoms with Crippen LogP contribution in [0.5, 0.6) is 0 Å². The third-order valence-corrected chi connectivity index (χ3v) is 3.83. The summed E-state index contributed by atoms with van der Waals surface area (Å²) in [5.74, 6) is -0.592. The number of pyridine rings is 1. The summed E-state index contributed by atoms with van der Waals surface area (Å²) >= 11 is 0. The van der Waals surface area contributed by atoms with Gasteiger partial charge in [0.1, 0.15) is 11.4 Å². The predicted octanol–water partition coefficient (Wildman–Crippen LogP) is 2.01. The van der Waals surface area contributed by atoms with Crippen molar-refractivity contribution in [3.8, 4) is 5.69 Å². The van der Waals surface area contributed by atoms with E-state index in [1.807, 2.05) is 13.0 Å². The van der Waals surface area contributed by atoms with Crippen LogP contribution in [-0.2, 0) is 0 Å². The van der Waals surface area contributed by atoms with Crippen LogP contribution in [0.3, 0.4) is 0 Å². The minimum atomic E-state index is -0.592. The van der Waals surface area contributed by atoms with Gasteiger partial charge in [0.2, 0.25) is 5.95 Å². The van der Waals surface area contributed by atoms with Crippen LogP contribution in [0.1, 0.15) is 25.5 Å². The Morgan fingerprint density at radius 3 is 3.04 bits per heavy atom. The van der Waals surface area contributed by atoms with Crippen LogP contribution >= 0.6 is 0 Å². The molecule has 0 fully saturated rings. The molecule has 2 aromatic heterocycles. The van der Waals surface area contributed by atoms with Crippen LogP contribution in [0.2, 0.25) is 0 Å². The first-order chi connectivity index (χ1) is 11.7. The van der Waals surface area contributed by atoms with E-state index in [4.69, 9.17) is 0 Å². The fourth-order valence-electron chi connectivity index (χ4n) is 2.51. The Morgan fingerprint density at radius 2 is 2.33 bits per heavy atom. The summed E-state index contributed by atoms with van der Waals surface area (Å²) in [4.78, 5) is 17.3. The molecular weight excluding hydrogens is 311 g/mol. The third kappa shape index (κ3) is 3.42. The van der Waals surface area contributed by atoms with Crippen molar-refractivity contribution in [3.63, 3.8) is 0 Å². The third-order valence-electron chi connectivity index (χ3n) is 3.83. The molecule has 1 aliphatic rings. The second-order valence-electron chi connectivity index (χ2n) is 5.52. The summed E-state index contributed by atoms with van der Waals surface area (Å²) in [5.41, 5.74) is 1.95. The Balaban J connectivity index is 1.70. The highest BCUT2D eigenvalue weighted by atomic mass is 19.1. The SMILES string of the molecule is CCCNC(=O)N1CC=C(c2cn(-c3cccnc3F)nn2)CC1. The average Bonchev–Trinajstić information content (AvgIpc) is 3.10. The molecule has 0 unspecified atom stereocenters. The molecule has 0 aromatic carbocycles. The lowest BCUT2D eigenvalue weighted by Crippen LogP contribution is -2.42. The van der Waals surface area contributed by atoms with E-state index in [1.54, 1.807) is 23.2 Å². The molecule has 24 heavy (non-hydrogen) atoms. The minimum absolute atomic E-state index is 0.0479. The molecule has 2 amide bonds. The normalized spacial score (nSPS) is 14.4. The van der Waals surface area contributed by atoms with Crippen LogP contribution in [-0.4, -0.2) is 50.5 Å². The molecule has 2 aromatic rings. The number of carbonyl (C=O) groups excluding carboxylic acids is 1. The summed E-state index contributed by atoms with van der Waals surface area (Å²) in [6.07, 6.45) is 6.63. The number of urea groups is 1. The molecule has 0 saturated carbocycles. The zero-order chi connectivity index (χ0) is 16.9. The van der Waals surface area contributed by atoms with Crippen LogP contribution in [0.4, 0.5) is 9.18 Å². The summed E-state index contributed by atoms with van der Waals surface area (Å²) in [6, 6.07) is 3.19. The maximum absolute atomic E-state index is 13.7. The summed E-state index contributed by atoms with van der Waals surface area (Å²) in [7, 11) is 0. The number of halogens is 1. The Bertz CT molecular complexity index is 757. The van der Waals surface area contributed by atoms with Gasteiger partial charge in [-0.05, 0) is 30.5 Å². The zero-order valence-electron chi connectivity index (χ0n) is 13.4. The van der Waals surface area contributed by atoms with Gasteiger partial charge in [-0.15, -0.1) is 5.10 Å². The molecular formula is C16H19FN6O. The lowest BCUT2D eigenvalue weighted by molar-refractivity contribution is 0.203. The number of amides is 2. The van der Waals surface area contributed by atoms with Gasteiger partial charge in [0, 0.05) is 25.8 Å². The van der Waals surface area contributed by atoms with Gasteiger partial charge in [-0.1, -0.05) is 18.2 Å². The highest BCUT2D eigenvalue weighted by Gasteiger charge is 2.19. The Morgan fingerprint density at radius 1 is 1.46 bits per heavy atom. The maximum atomic E-state index is 13.7. The van der Waals surface area contributed by atoms with Gasteiger partial charge in [-0.25, -0.2) is 14.5 Å². The van der Waals surface area contributed by atoms with Crippen molar-refractivity contribution in [1.82, 2.24) is 30.2 Å². The fourth-order valence-corrected chi connectivity index (χ4v) is 2.51. The molecule has 0 atom stereocenters. The molecule has 126 valence electrons. The van der Waals surface area contributed by atoms with Gasteiger partial charge in [0.25, 0.3) is 0 Å². The van der Waals surface area contributed by atoms with Crippen molar-refractivity contribution >= 4 is 11.6 Å². The Hall–Kier alpha value is -2.77. The van der Waals surface area contributed by atoms with Gasteiger partial charge in [-0.2, -0.15) is 4.39 Å². The lowest BCUT2D eigenvalue weighted by Gasteiger charge is -2.26. The van der Waals surface area contributed by atoms with E-state index in [2.05, 4.69) is 20.6 Å². The van der Waals surface area contributed by atoms with E-state index < -0.39 is 5.95 Å². The number of carbonyl (C=O) groups is 1. The Labute approximate surface area is 139 Å². The van der Waals surface area contributed by atoms with Crippen molar-refractivity contribution in [3.05, 3.63) is 42.2 Å². The summed E-state index contributed by atoms with van der Waals surface area (Å²) < 4.78 is 15.1. The molecule has 0 saturated heterocycles. The molecule has 0 radical (unpaired) electrons. The smallest absolute Gasteiger partial charge is 0.317 e. The van der Waals surface area contributed by atoms with Gasteiger partial charge in [-0.3, -0.25) is 0 Å². The monoisotopic (exact) mass is 330 g/mol. The number of rotatable bonds is 4. The lowest BCUT2D eigenvalue weighted by atomic mass is 10.1. The highest BCUT2D eigenvalue weighted by Crippen LogP contribution is 2.21. The van der Waals surface area contributed by atoms with Crippen molar-refractivity contribution in [2.24, 2.45) is 0 Å². The number of hydrogen-bond donors (Lipinski definition) is 1. The second kappa shape index (κ2) is 7.20. The first-order valence-electron chi connectivity index (χ1n) is 7.94. The van der Waals surface area contributed by atoms with Crippen molar-refractivity contribution in [2.45, 2.75) is 19.8 Å². The number of aromatic nitrogens is 4. The average molecular weight is 330 g/mol. The van der Waals surface area contributed by atoms with Gasteiger partial charge in [0.15, 0.2) is 0 Å². The molecule has 3 rings (SSSR count). The zero-order valence-corrected chi connectivity index (χ0v) is 13.4. The van der Waals surface area contributed by atoms with Crippen LogP contribution < -0.4 is 5.32 Å². The molecule has 0 spiro atoms. The quantitative estimate of drug-likeness (QED) is 0.870. The van der Waals surface area contributed by atoms with Gasteiger partial charge in [0.05, 0.1) is 6.20 Å². The molecule has 1 aliphatic heterocycles. The fraction of sp³-hybridized carbons (Fsp3) is 0.375. The van der Waals surface area contributed by atoms with E-state index in [9.17, 15) is 9.18 Å². The molecule has 0 bridgehead atoms. The molecule has 1 N–H and O–H groups in total. The maximum Gasteiger partial charge on any atom is 0.317 e. The van der Waals surface area contributed by atoms with Crippen molar-refractivity contribution in [2.75, 3.05) is 19.6 Å². The molecule has 3 heterocycles. The predicted molar refractivity (Wildman–Crippen MR) is 87.0 cm³/mol. The van der Waals surface area contributed by atoms with Crippen molar-refractivity contribution in [1.29, 1.82) is 0 Å². The summed E-state index contributed by atoms with van der Waals surface area (Å²) in [6.45, 7) is 3.84.